The van der Waals surface area contributed by atoms with Gasteiger partial charge in [-0.25, -0.2) is 24.5 Å². The molecule has 6 rings (SSSR count). The number of aliphatic hydroxyl groups is 4. The number of H-pyrrole nitrogens is 1. The van der Waals surface area contributed by atoms with E-state index in [1.807, 2.05) is 0 Å². The van der Waals surface area contributed by atoms with Gasteiger partial charge < -0.3 is 50.1 Å². The van der Waals surface area contributed by atoms with Gasteiger partial charge in [-0.15, -0.1) is 0 Å². The lowest BCUT2D eigenvalue weighted by Crippen LogP contribution is -2.36. The van der Waals surface area contributed by atoms with Gasteiger partial charge in [0.2, 0.25) is 0 Å². The molecule has 0 amide bonds. The molecule has 6 heterocycles. The standard InChI is InChI=1S/C21H25N8O11P/c22-17-12-18(25-5-24-17)29(7-27-12)20-15(33)13(31)10(39-20)4-37-41(35,36)40-16-14(32)9(3-30)38-21(16)28-6-26-11-8(28)1-2-23-19(11)34/h1-2,5-7,9-10,13-16,20-21,30-33H,3-4H2,(H,23,34)(H,35,36)(H2,22,24,25)/t9-,10-,13-,14-,15-,16-,20-,21-/m1/s1. The minimum atomic E-state index is -5.00. The highest BCUT2D eigenvalue weighted by Crippen LogP contribution is 2.50. The number of nitrogens with one attached hydrogen (secondary N) is 1. The van der Waals surface area contributed by atoms with E-state index in [9.17, 15) is 34.7 Å². The first-order valence-electron chi connectivity index (χ1n) is 12.2. The zero-order valence-corrected chi connectivity index (χ0v) is 21.7. The Morgan fingerprint density at radius 3 is 2.51 bits per heavy atom. The van der Waals surface area contributed by atoms with E-state index < -0.39 is 75.7 Å². The molecule has 41 heavy (non-hydrogen) atoms. The predicted molar refractivity (Wildman–Crippen MR) is 134 cm³/mol. The number of phosphoric ester groups is 1. The van der Waals surface area contributed by atoms with Gasteiger partial charge in [0.1, 0.15) is 48.5 Å². The van der Waals surface area contributed by atoms with E-state index >= 15 is 0 Å². The summed E-state index contributed by atoms with van der Waals surface area (Å²) in [5, 5.41) is 41.5. The van der Waals surface area contributed by atoms with Crippen LogP contribution in [0.15, 0.2) is 36.0 Å². The third-order valence-corrected chi connectivity index (χ3v) is 7.91. The molecule has 9 atom stereocenters. The highest BCUT2D eigenvalue weighted by atomic mass is 31.2. The molecule has 1 unspecified atom stereocenters. The first kappa shape index (κ1) is 27.8. The SMILES string of the molecule is Nc1ncnc2c1ncn2[C@@H]1O[C@H](COP(=O)(O)O[C@@H]2[C@H](O)[C@@H](CO)O[C@H]2n2cnc3c(=O)[nH]ccc32)[C@@H](O)[C@H]1O. The summed E-state index contributed by atoms with van der Waals surface area (Å²) in [5.41, 5.74) is 6.07. The normalized spacial score (nSPS) is 31.7. The van der Waals surface area contributed by atoms with Crippen molar-refractivity contribution in [3.05, 3.63) is 41.6 Å². The maximum Gasteiger partial charge on any atom is 0.472 e. The van der Waals surface area contributed by atoms with E-state index in [4.69, 9.17) is 24.3 Å². The van der Waals surface area contributed by atoms with E-state index in [2.05, 4.69) is 24.9 Å². The van der Waals surface area contributed by atoms with Crippen LogP contribution in [0.5, 0.6) is 0 Å². The molecule has 2 aliphatic rings. The average molecular weight is 596 g/mol. The molecule has 20 heteroatoms. The van der Waals surface area contributed by atoms with E-state index in [-0.39, 0.29) is 28.0 Å². The lowest BCUT2D eigenvalue weighted by molar-refractivity contribution is -0.0614. The van der Waals surface area contributed by atoms with Crippen LogP contribution in [0.3, 0.4) is 0 Å². The summed E-state index contributed by atoms with van der Waals surface area (Å²) in [6.07, 6.45) is -6.15. The number of hydrogen-bond donors (Lipinski definition) is 7. The number of rotatable bonds is 8. The van der Waals surface area contributed by atoms with Crippen LogP contribution in [0.1, 0.15) is 12.5 Å². The van der Waals surface area contributed by atoms with Crippen molar-refractivity contribution >= 4 is 35.8 Å². The molecular weight excluding hydrogens is 571 g/mol. The number of nitrogens with two attached hydrogens (primary N) is 1. The summed E-state index contributed by atoms with van der Waals surface area (Å²) in [4.78, 5) is 41.1. The number of hydrogen-bond acceptors (Lipinski definition) is 15. The van der Waals surface area contributed by atoms with E-state index in [0.29, 0.717) is 0 Å². The van der Waals surface area contributed by atoms with Crippen LogP contribution in [0.25, 0.3) is 22.2 Å². The van der Waals surface area contributed by atoms with Gasteiger partial charge in [0, 0.05) is 6.20 Å². The number of nitrogens with zero attached hydrogens (tertiary/aromatic N) is 6. The van der Waals surface area contributed by atoms with Gasteiger partial charge in [0.05, 0.1) is 31.4 Å². The molecule has 0 radical (unpaired) electrons. The third kappa shape index (κ3) is 4.81. The summed E-state index contributed by atoms with van der Waals surface area (Å²) >= 11 is 0. The summed E-state index contributed by atoms with van der Waals surface area (Å²) in [6.45, 7) is -1.37. The molecule has 220 valence electrons. The van der Waals surface area contributed by atoms with E-state index in [1.165, 1.54) is 40.4 Å². The Labute approximate surface area is 228 Å². The highest BCUT2D eigenvalue weighted by Gasteiger charge is 2.50. The van der Waals surface area contributed by atoms with Gasteiger partial charge in [-0.2, -0.15) is 0 Å². The van der Waals surface area contributed by atoms with E-state index in [0.717, 1.165) is 0 Å². The van der Waals surface area contributed by atoms with Crippen molar-refractivity contribution in [2.24, 2.45) is 0 Å². The molecule has 0 bridgehead atoms. The molecule has 0 saturated carbocycles. The third-order valence-electron chi connectivity index (χ3n) is 6.92. The van der Waals surface area contributed by atoms with Gasteiger partial charge in [-0.1, -0.05) is 0 Å². The van der Waals surface area contributed by atoms with Crippen LogP contribution in [0.4, 0.5) is 5.82 Å². The number of aromatic amines is 1. The zero-order valence-electron chi connectivity index (χ0n) is 20.8. The molecule has 0 aromatic carbocycles. The Morgan fingerprint density at radius 2 is 1.73 bits per heavy atom. The molecule has 0 aliphatic carbocycles. The topological polar surface area (TPSA) is 275 Å². The minimum absolute atomic E-state index is 0.0421. The molecule has 2 saturated heterocycles. The second kappa shape index (κ2) is 10.5. The zero-order chi connectivity index (χ0) is 29.1. The Bertz CT molecular complexity index is 1680. The van der Waals surface area contributed by atoms with Crippen molar-refractivity contribution in [1.29, 1.82) is 0 Å². The minimum Gasteiger partial charge on any atom is -0.394 e. The van der Waals surface area contributed by atoms with Gasteiger partial charge in [0.25, 0.3) is 5.56 Å². The number of pyridine rings is 1. The number of anilines is 1. The van der Waals surface area contributed by atoms with Crippen molar-refractivity contribution in [2.75, 3.05) is 18.9 Å². The maximum absolute atomic E-state index is 13.0. The van der Waals surface area contributed by atoms with Crippen LogP contribution >= 0.6 is 7.82 Å². The monoisotopic (exact) mass is 596 g/mol. The number of aromatic nitrogens is 7. The van der Waals surface area contributed by atoms with Crippen LogP contribution < -0.4 is 11.3 Å². The Balaban J connectivity index is 1.18. The largest absolute Gasteiger partial charge is 0.472 e. The lowest BCUT2D eigenvalue weighted by Gasteiger charge is -2.25. The maximum atomic E-state index is 13.0. The summed E-state index contributed by atoms with van der Waals surface area (Å²) in [7, 11) is -5.00. The highest BCUT2D eigenvalue weighted by molar-refractivity contribution is 7.47. The Kier molecular flexibility index (Phi) is 7.10. The molecule has 0 spiro atoms. The Morgan fingerprint density at radius 1 is 1.00 bits per heavy atom. The van der Waals surface area contributed by atoms with Crippen LogP contribution in [-0.4, -0.2) is 109 Å². The van der Waals surface area contributed by atoms with Crippen molar-refractivity contribution in [3.8, 4) is 0 Å². The smallest absolute Gasteiger partial charge is 0.394 e. The summed E-state index contributed by atoms with van der Waals surface area (Å²) in [6, 6.07) is 1.50. The summed E-state index contributed by atoms with van der Waals surface area (Å²) < 4.78 is 37.3. The van der Waals surface area contributed by atoms with Gasteiger partial charge >= 0.3 is 7.82 Å². The van der Waals surface area contributed by atoms with E-state index in [1.54, 1.807) is 0 Å². The molecule has 4 aromatic heterocycles. The van der Waals surface area contributed by atoms with Crippen LogP contribution in [0, 0.1) is 0 Å². The fourth-order valence-electron chi connectivity index (χ4n) is 4.89. The second-order valence-corrected chi connectivity index (χ2v) is 10.8. The fourth-order valence-corrected chi connectivity index (χ4v) is 5.82. The number of ether oxygens (including phenoxy) is 2. The number of fused-ring (bicyclic) bond motifs is 2. The van der Waals surface area contributed by atoms with Crippen molar-refractivity contribution in [3.63, 3.8) is 0 Å². The molecule has 4 aromatic rings. The number of imidazole rings is 2. The van der Waals surface area contributed by atoms with Crippen molar-refractivity contribution in [1.82, 2.24) is 34.1 Å². The number of nitrogen functional groups attached to an aromatic ring is 1. The molecule has 2 fully saturated rings. The molecule has 19 nitrogen and oxygen atoms in total. The van der Waals surface area contributed by atoms with Crippen LogP contribution in [-0.2, 0) is 23.1 Å². The van der Waals surface area contributed by atoms with Gasteiger partial charge in [0.15, 0.2) is 29.4 Å². The fraction of sp³-hybridized carbons (Fsp3) is 0.476. The van der Waals surface area contributed by atoms with Crippen molar-refractivity contribution in [2.45, 2.75) is 49.1 Å². The van der Waals surface area contributed by atoms with Gasteiger partial charge in [-0.05, 0) is 6.07 Å². The predicted octanol–water partition coefficient (Wildman–Crippen LogP) is -2.48. The lowest BCUT2D eigenvalue weighted by atomic mass is 10.1. The molecule has 2 aliphatic heterocycles. The molecular formula is C21H25N8O11P. The number of phosphoric acid groups is 1. The number of aliphatic hydroxyl groups excluding tert-OH is 4. The average Bonchev–Trinajstić information content (AvgIpc) is 3.70. The molecule has 8 N–H and O–H groups in total. The first-order valence-corrected chi connectivity index (χ1v) is 13.7. The second-order valence-electron chi connectivity index (χ2n) is 9.39. The quantitative estimate of drug-likeness (QED) is 0.104. The van der Waals surface area contributed by atoms with Crippen molar-refractivity contribution < 1.29 is 48.4 Å². The first-order chi connectivity index (χ1) is 19.6. The van der Waals surface area contributed by atoms with Gasteiger partial charge in [-0.3, -0.25) is 18.4 Å². The summed E-state index contributed by atoms with van der Waals surface area (Å²) in [5.74, 6) is 0.0929. The van der Waals surface area contributed by atoms with Crippen LogP contribution in [0.2, 0.25) is 0 Å². The Hall–Kier alpha value is -3.36.